The van der Waals surface area contributed by atoms with Gasteiger partial charge in [-0.1, -0.05) is 6.92 Å². The lowest BCUT2D eigenvalue weighted by Crippen LogP contribution is -2.20. The molecule has 2 atom stereocenters. The zero-order valence-electron chi connectivity index (χ0n) is 10.6. The van der Waals surface area contributed by atoms with Gasteiger partial charge in [0, 0.05) is 6.21 Å². The molecule has 0 aromatic carbocycles. The van der Waals surface area contributed by atoms with E-state index in [0.29, 0.717) is 13.0 Å². The van der Waals surface area contributed by atoms with Crippen LogP contribution in [0.3, 0.4) is 0 Å². The van der Waals surface area contributed by atoms with Gasteiger partial charge in [0.1, 0.15) is 11.0 Å². The van der Waals surface area contributed by atoms with Gasteiger partial charge < -0.3 is 4.74 Å². The summed E-state index contributed by atoms with van der Waals surface area (Å²) in [5.41, 5.74) is 0. The minimum atomic E-state index is -1.25. The van der Waals surface area contributed by atoms with E-state index in [2.05, 4.69) is 4.40 Å². The summed E-state index contributed by atoms with van der Waals surface area (Å²) in [7, 11) is -1.25. The molecule has 0 saturated heterocycles. The molecule has 0 bridgehead atoms. The van der Waals surface area contributed by atoms with Crippen LogP contribution in [0.2, 0.25) is 0 Å². The van der Waals surface area contributed by atoms with Crippen LogP contribution in [0.4, 0.5) is 0 Å². The van der Waals surface area contributed by atoms with Gasteiger partial charge in [0.25, 0.3) is 0 Å². The monoisotopic (exact) mass is 247 g/mol. The van der Waals surface area contributed by atoms with Crippen molar-refractivity contribution in [2.24, 2.45) is 10.3 Å². The molecule has 0 aliphatic carbocycles. The summed E-state index contributed by atoms with van der Waals surface area (Å²) < 4.78 is 20.0. The zero-order valence-corrected chi connectivity index (χ0v) is 11.5. The van der Waals surface area contributed by atoms with E-state index in [1.165, 1.54) is 0 Å². The third-order valence-corrected chi connectivity index (χ3v) is 3.23. The fraction of sp³-hybridized carbons (Fsp3) is 0.818. The molecule has 0 rings (SSSR count). The fourth-order valence-electron chi connectivity index (χ4n) is 0.808. The number of nitrogens with zero attached hydrogens (tertiary/aromatic N) is 1. The Morgan fingerprint density at radius 1 is 1.50 bits per heavy atom. The molecule has 0 aromatic heterocycles. The van der Waals surface area contributed by atoms with Crippen molar-refractivity contribution < 1.29 is 13.7 Å². The molecule has 0 radical (unpaired) electrons. The van der Waals surface area contributed by atoms with Crippen LogP contribution in [0.15, 0.2) is 4.40 Å². The molecule has 0 aliphatic heterocycles. The van der Waals surface area contributed by atoms with Gasteiger partial charge in [-0.05, 0) is 34.1 Å². The number of hydrogen-bond acceptors (Lipinski definition) is 3. The normalized spacial score (nSPS) is 16.1. The number of rotatable bonds is 5. The van der Waals surface area contributed by atoms with E-state index in [4.69, 9.17) is 4.74 Å². The van der Waals surface area contributed by atoms with Crippen molar-refractivity contribution in [1.82, 2.24) is 0 Å². The molecule has 0 amide bonds. The Balaban J connectivity index is 4.10. The maximum atomic E-state index is 11.5. The van der Waals surface area contributed by atoms with Crippen molar-refractivity contribution in [3.05, 3.63) is 0 Å². The highest BCUT2D eigenvalue weighted by atomic mass is 32.2. The Kier molecular flexibility index (Phi) is 6.48. The first-order valence-electron chi connectivity index (χ1n) is 5.40. The second kappa shape index (κ2) is 6.78. The van der Waals surface area contributed by atoms with Crippen LogP contribution in [0.5, 0.6) is 0 Å². The molecule has 0 fully saturated rings. The lowest BCUT2D eigenvalue weighted by Gasteiger charge is -2.13. The summed E-state index contributed by atoms with van der Waals surface area (Å²) in [6.07, 6.45) is 2.00. The lowest BCUT2D eigenvalue weighted by molar-refractivity contribution is -0.147. The molecule has 16 heavy (non-hydrogen) atoms. The van der Waals surface area contributed by atoms with Crippen LogP contribution >= 0.6 is 0 Å². The van der Waals surface area contributed by atoms with Crippen LogP contribution in [0.25, 0.3) is 0 Å². The van der Waals surface area contributed by atoms with E-state index in [1.807, 2.05) is 20.8 Å². The third-order valence-electron chi connectivity index (χ3n) is 1.84. The standard InChI is InChI=1S/C11H21NO3S/c1-6-15-10(13)9(2)7-8-12-16(14)11(3,4)5/h8-9H,6-7H2,1-5H3. The molecule has 0 aliphatic rings. The largest absolute Gasteiger partial charge is 0.466 e. The van der Waals surface area contributed by atoms with Gasteiger partial charge in [0.15, 0.2) is 0 Å². The molecular weight excluding hydrogens is 226 g/mol. The van der Waals surface area contributed by atoms with Crippen molar-refractivity contribution in [2.75, 3.05) is 6.61 Å². The maximum absolute atomic E-state index is 11.5. The Labute approximate surface area is 100 Å². The number of ether oxygens (including phenoxy) is 1. The minimum absolute atomic E-state index is 0.235. The van der Waals surface area contributed by atoms with Crippen molar-refractivity contribution in [3.63, 3.8) is 0 Å². The van der Waals surface area contributed by atoms with Crippen LogP contribution < -0.4 is 0 Å². The van der Waals surface area contributed by atoms with E-state index in [-0.39, 0.29) is 16.6 Å². The van der Waals surface area contributed by atoms with Crippen LogP contribution in [0.1, 0.15) is 41.0 Å². The molecule has 0 saturated carbocycles. The number of hydrogen-bond donors (Lipinski definition) is 0. The Bertz CT molecular complexity index is 281. The van der Waals surface area contributed by atoms with Crippen molar-refractivity contribution >= 4 is 23.2 Å². The molecular formula is C11H21NO3S. The zero-order chi connectivity index (χ0) is 12.8. The molecule has 0 heterocycles. The van der Waals surface area contributed by atoms with Gasteiger partial charge in [-0.25, -0.2) is 4.21 Å². The summed E-state index contributed by atoms with van der Waals surface area (Å²) in [5.74, 6) is -0.476. The summed E-state index contributed by atoms with van der Waals surface area (Å²) in [4.78, 5) is 11.3. The average Bonchev–Trinajstić information content (AvgIpc) is 2.16. The minimum Gasteiger partial charge on any atom is -0.466 e. The van der Waals surface area contributed by atoms with Crippen LogP contribution in [-0.4, -0.2) is 27.7 Å². The van der Waals surface area contributed by atoms with Crippen LogP contribution in [0, 0.1) is 5.92 Å². The molecule has 0 spiro atoms. The predicted octanol–water partition coefficient (Wildman–Crippen LogP) is 2.11. The summed E-state index contributed by atoms with van der Waals surface area (Å²) in [6.45, 7) is 9.49. The number of carbonyl (C=O) groups excluding carboxylic acids is 1. The van der Waals surface area contributed by atoms with Crippen molar-refractivity contribution in [2.45, 2.75) is 45.8 Å². The highest BCUT2D eigenvalue weighted by Gasteiger charge is 2.18. The maximum Gasteiger partial charge on any atom is 0.309 e. The quantitative estimate of drug-likeness (QED) is 0.552. The van der Waals surface area contributed by atoms with E-state index >= 15 is 0 Å². The van der Waals surface area contributed by atoms with E-state index in [9.17, 15) is 9.00 Å². The summed E-state index contributed by atoms with van der Waals surface area (Å²) >= 11 is 0. The number of esters is 1. The summed E-state index contributed by atoms with van der Waals surface area (Å²) in [5, 5.41) is 0. The highest BCUT2D eigenvalue weighted by molar-refractivity contribution is 7.85. The first kappa shape index (κ1) is 15.3. The second-order valence-electron chi connectivity index (χ2n) is 4.54. The fourth-order valence-corrected chi connectivity index (χ4v) is 1.35. The molecule has 94 valence electrons. The lowest BCUT2D eigenvalue weighted by atomic mass is 10.1. The number of carbonyl (C=O) groups is 1. The molecule has 5 heteroatoms. The second-order valence-corrected chi connectivity index (χ2v) is 6.47. The predicted molar refractivity (Wildman–Crippen MR) is 66.8 cm³/mol. The smallest absolute Gasteiger partial charge is 0.309 e. The summed E-state index contributed by atoms with van der Waals surface area (Å²) in [6, 6.07) is 0. The highest BCUT2D eigenvalue weighted by Crippen LogP contribution is 2.12. The van der Waals surface area contributed by atoms with E-state index in [0.717, 1.165) is 0 Å². The molecule has 0 N–H and O–H groups in total. The van der Waals surface area contributed by atoms with Gasteiger partial charge in [0.05, 0.1) is 17.3 Å². The van der Waals surface area contributed by atoms with Crippen molar-refractivity contribution in [1.29, 1.82) is 0 Å². The van der Waals surface area contributed by atoms with Gasteiger partial charge in [0.2, 0.25) is 0 Å². The SMILES string of the molecule is CCOC(=O)C(C)CC=NS(=O)C(C)(C)C. The van der Waals surface area contributed by atoms with Crippen molar-refractivity contribution in [3.8, 4) is 0 Å². The van der Waals surface area contributed by atoms with E-state index in [1.54, 1.807) is 20.1 Å². The Hall–Kier alpha value is -0.710. The van der Waals surface area contributed by atoms with Crippen LogP contribution in [-0.2, 0) is 20.5 Å². The molecule has 2 unspecified atom stereocenters. The van der Waals surface area contributed by atoms with Gasteiger partial charge in [-0.15, -0.1) is 0 Å². The Morgan fingerprint density at radius 2 is 2.06 bits per heavy atom. The average molecular weight is 247 g/mol. The third kappa shape index (κ3) is 6.00. The van der Waals surface area contributed by atoms with Gasteiger partial charge >= 0.3 is 5.97 Å². The topological polar surface area (TPSA) is 55.7 Å². The Morgan fingerprint density at radius 3 is 2.50 bits per heavy atom. The molecule has 0 aromatic rings. The van der Waals surface area contributed by atoms with E-state index < -0.39 is 11.0 Å². The first-order valence-corrected chi connectivity index (χ1v) is 6.50. The van der Waals surface area contributed by atoms with Gasteiger partial charge in [-0.3, -0.25) is 4.79 Å². The first-order chi connectivity index (χ1) is 7.29. The molecule has 4 nitrogen and oxygen atoms in total. The van der Waals surface area contributed by atoms with Gasteiger partial charge in [-0.2, -0.15) is 4.40 Å².